The molecule has 1 aromatic carbocycles. The number of ether oxygens (including phenoxy) is 1. The van der Waals surface area contributed by atoms with Crippen molar-refractivity contribution in [3.8, 4) is 22.4 Å². The van der Waals surface area contributed by atoms with Gasteiger partial charge < -0.3 is 4.74 Å². The Bertz CT molecular complexity index is 1110. The van der Waals surface area contributed by atoms with Gasteiger partial charge in [-0.3, -0.25) is 9.59 Å². The number of anilines is 1. The molecule has 0 bridgehead atoms. The number of benzene rings is 1. The molecule has 0 fully saturated rings. The normalized spacial score (nSPS) is 15.5. The van der Waals surface area contributed by atoms with E-state index in [0.29, 0.717) is 18.7 Å². The van der Waals surface area contributed by atoms with E-state index in [0.717, 1.165) is 27.3 Å². The van der Waals surface area contributed by atoms with Crippen LogP contribution in [0.2, 0.25) is 0 Å². The highest BCUT2D eigenvalue weighted by atomic mass is 19.1. The first-order valence-corrected chi connectivity index (χ1v) is 9.63. The average molecular weight is 408 g/mol. The molecule has 154 valence electrons. The van der Waals surface area contributed by atoms with Crippen LogP contribution in [0.3, 0.4) is 0 Å². The molecule has 4 rings (SSSR count). The van der Waals surface area contributed by atoms with Crippen LogP contribution in [0.4, 0.5) is 10.2 Å². The summed E-state index contributed by atoms with van der Waals surface area (Å²) < 4.78 is 21.0. The van der Waals surface area contributed by atoms with Gasteiger partial charge in [0.15, 0.2) is 0 Å². The maximum absolute atomic E-state index is 13.5. The summed E-state index contributed by atoms with van der Waals surface area (Å²) >= 11 is 0. The zero-order valence-corrected chi connectivity index (χ0v) is 16.9. The van der Waals surface area contributed by atoms with Gasteiger partial charge in [0.05, 0.1) is 12.3 Å². The zero-order valence-electron chi connectivity index (χ0n) is 16.9. The van der Waals surface area contributed by atoms with Crippen molar-refractivity contribution in [2.45, 2.75) is 33.4 Å². The fraction of sp³-hybridized carbons (Fsp3) is 0.273. The molecule has 0 saturated carbocycles. The van der Waals surface area contributed by atoms with Crippen LogP contribution in [0.1, 0.15) is 32.7 Å². The first-order chi connectivity index (χ1) is 14.4. The van der Waals surface area contributed by atoms with E-state index in [4.69, 9.17) is 9.84 Å². The van der Waals surface area contributed by atoms with E-state index in [1.54, 1.807) is 24.4 Å². The summed E-state index contributed by atoms with van der Waals surface area (Å²) in [5.74, 6) is -0.904. The number of rotatable bonds is 3. The van der Waals surface area contributed by atoms with Crippen LogP contribution in [0.5, 0.6) is 0 Å². The largest absolute Gasteiger partial charge is 0.356 e. The van der Waals surface area contributed by atoms with Crippen molar-refractivity contribution in [2.75, 3.05) is 11.5 Å². The van der Waals surface area contributed by atoms with Gasteiger partial charge in [-0.2, -0.15) is 5.10 Å². The van der Waals surface area contributed by atoms with E-state index in [2.05, 4.69) is 4.98 Å². The molecule has 2 aromatic heterocycles. The van der Waals surface area contributed by atoms with Gasteiger partial charge in [-0.25, -0.2) is 19.0 Å². The molecule has 0 spiro atoms. The minimum Gasteiger partial charge on any atom is -0.356 e. The van der Waals surface area contributed by atoms with E-state index < -0.39 is 11.8 Å². The molecular weight excluding hydrogens is 387 g/mol. The van der Waals surface area contributed by atoms with Crippen molar-refractivity contribution in [3.05, 3.63) is 54.1 Å². The maximum atomic E-state index is 13.5. The molecule has 3 heterocycles. The minimum absolute atomic E-state index is 0.242. The van der Waals surface area contributed by atoms with Gasteiger partial charge in [-0.05, 0) is 48.9 Å². The van der Waals surface area contributed by atoms with E-state index in [9.17, 15) is 14.0 Å². The van der Waals surface area contributed by atoms with Crippen LogP contribution in [-0.2, 0) is 20.7 Å². The fourth-order valence-electron chi connectivity index (χ4n) is 3.76. The molecule has 0 radical (unpaired) electrons. The Hall–Kier alpha value is -3.39. The summed E-state index contributed by atoms with van der Waals surface area (Å²) in [6.45, 7) is 5.10. The highest BCUT2D eigenvalue weighted by Crippen LogP contribution is 2.38. The summed E-state index contributed by atoms with van der Waals surface area (Å²) in [5, 5.41) is 4.75. The van der Waals surface area contributed by atoms with Crippen molar-refractivity contribution < 1.29 is 18.7 Å². The number of pyridine rings is 1. The Kier molecular flexibility index (Phi) is 5.17. The highest BCUT2D eigenvalue weighted by molar-refractivity contribution is 6.12. The molecule has 1 atom stereocenters. The van der Waals surface area contributed by atoms with E-state index in [-0.39, 0.29) is 17.9 Å². The predicted octanol–water partition coefficient (Wildman–Crippen LogP) is 3.74. The summed E-state index contributed by atoms with van der Waals surface area (Å²) in [4.78, 5) is 29.2. The van der Waals surface area contributed by atoms with Gasteiger partial charge in [0.25, 0.3) is 0 Å². The van der Waals surface area contributed by atoms with Crippen molar-refractivity contribution in [3.63, 3.8) is 0 Å². The van der Waals surface area contributed by atoms with Gasteiger partial charge in [-0.15, -0.1) is 0 Å². The topological polar surface area (TPSA) is 77.3 Å². The Morgan fingerprint density at radius 3 is 2.50 bits per heavy atom. The Balaban J connectivity index is 1.92. The molecule has 1 aliphatic rings. The zero-order chi connectivity index (χ0) is 21.4. The quantitative estimate of drug-likeness (QED) is 0.660. The Morgan fingerprint density at radius 2 is 1.83 bits per heavy atom. The van der Waals surface area contributed by atoms with Crippen molar-refractivity contribution >= 4 is 17.6 Å². The molecule has 1 unspecified atom stereocenters. The lowest BCUT2D eigenvalue weighted by molar-refractivity contribution is -0.124. The molecule has 7 nitrogen and oxygen atoms in total. The van der Waals surface area contributed by atoms with E-state index in [1.165, 1.54) is 26.0 Å². The summed E-state index contributed by atoms with van der Waals surface area (Å²) in [5.41, 5.74) is 4.03. The second-order valence-electron chi connectivity index (χ2n) is 7.12. The first-order valence-electron chi connectivity index (χ1n) is 9.63. The highest BCUT2D eigenvalue weighted by Gasteiger charge is 2.27. The molecule has 1 aliphatic heterocycles. The second-order valence-corrected chi connectivity index (χ2v) is 7.12. The summed E-state index contributed by atoms with van der Waals surface area (Å²) in [7, 11) is 0. The first kappa shape index (κ1) is 19.9. The standard InChI is InChI=1S/C22H21FN4O3/c1-13(28)26(14(2)29)20-12-17(8-10-24-20)21-19-9-11-30-15(3)27(19)25-22(21)16-4-6-18(23)7-5-16/h4-8,10,12,15H,9,11H2,1-3H3. The van der Waals surface area contributed by atoms with Gasteiger partial charge in [0.1, 0.15) is 23.6 Å². The number of fused-ring (bicyclic) bond motifs is 1. The van der Waals surface area contributed by atoms with Crippen LogP contribution >= 0.6 is 0 Å². The number of hydrogen-bond acceptors (Lipinski definition) is 5. The third-order valence-electron chi connectivity index (χ3n) is 5.06. The molecule has 0 aliphatic carbocycles. The number of aromatic nitrogens is 3. The predicted molar refractivity (Wildman–Crippen MR) is 109 cm³/mol. The molecular formula is C22H21FN4O3. The van der Waals surface area contributed by atoms with Gasteiger partial charge >= 0.3 is 0 Å². The molecule has 0 N–H and O–H groups in total. The number of amides is 2. The van der Waals surface area contributed by atoms with E-state index in [1.807, 2.05) is 17.7 Å². The maximum Gasteiger partial charge on any atom is 0.231 e. The number of carbonyl (C=O) groups excluding carboxylic acids is 2. The lowest BCUT2D eigenvalue weighted by Crippen LogP contribution is -2.33. The fourth-order valence-corrected chi connectivity index (χ4v) is 3.76. The lowest BCUT2D eigenvalue weighted by atomic mass is 9.98. The monoisotopic (exact) mass is 408 g/mol. The lowest BCUT2D eigenvalue weighted by Gasteiger charge is -2.22. The van der Waals surface area contributed by atoms with Crippen LogP contribution in [-0.4, -0.2) is 33.2 Å². The number of halogens is 1. The van der Waals surface area contributed by atoms with Crippen LogP contribution in [0.25, 0.3) is 22.4 Å². The molecule has 3 aromatic rings. The number of imide groups is 1. The number of hydrogen-bond donors (Lipinski definition) is 0. The summed E-state index contributed by atoms with van der Waals surface area (Å²) in [6.07, 6.45) is 1.97. The van der Waals surface area contributed by atoms with E-state index >= 15 is 0 Å². The third kappa shape index (κ3) is 3.50. The number of carbonyl (C=O) groups is 2. The van der Waals surface area contributed by atoms with Crippen molar-refractivity contribution in [2.24, 2.45) is 0 Å². The molecule has 8 heteroatoms. The Morgan fingerprint density at radius 1 is 1.13 bits per heavy atom. The number of nitrogens with zero attached hydrogens (tertiary/aromatic N) is 4. The SMILES string of the molecule is CC(=O)N(C(C)=O)c1cc(-c2c(-c3ccc(F)cc3)nn3c2CCOC3C)ccn1. The van der Waals surface area contributed by atoms with Crippen molar-refractivity contribution in [1.82, 2.24) is 14.8 Å². The Labute approximate surface area is 173 Å². The third-order valence-corrected chi connectivity index (χ3v) is 5.06. The van der Waals surface area contributed by atoms with Crippen molar-refractivity contribution in [1.29, 1.82) is 0 Å². The molecule has 30 heavy (non-hydrogen) atoms. The smallest absolute Gasteiger partial charge is 0.231 e. The van der Waals surface area contributed by atoms with Gasteiger partial charge in [-0.1, -0.05) is 0 Å². The molecule has 0 saturated heterocycles. The van der Waals surface area contributed by atoms with Crippen LogP contribution in [0, 0.1) is 5.82 Å². The average Bonchev–Trinajstić information content (AvgIpc) is 3.09. The van der Waals surface area contributed by atoms with Gasteiger partial charge in [0, 0.05) is 37.6 Å². The molecule has 2 amide bonds. The van der Waals surface area contributed by atoms with Crippen LogP contribution in [0.15, 0.2) is 42.6 Å². The van der Waals surface area contributed by atoms with Gasteiger partial charge in [0.2, 0.25) is 11.8 Å². The summed E-state index contributed by atoms with van der Waals surface area (Å²) in [6, 6.07) is 9.66. The second kappa shape index (κ2) is 7.79. The van der Waals surface area contributed by atoms with Crippen LogP contribution < -0.4 is 4.90 Å². The minimum atomic E-state index is -0.412.